The summed E-state index contributed by atoms with van der Waals surface area (Å²) in [7, 11) is 0. The van der Waals surface area contributed by atoms with Gasteiger partial charge in [0.15, 0.2) is 5.78 Å². The molecule has 4 N–H and O–H groups in total. The molecule has 0 aromatic heterocycles. The molecule has 0 bridgehead atoms. The molecule has 1 aliphatic carbocycles. The summed E-state index contributed by atoms with van der Waals surface area (Å²) in [6, 6.07) is 17.8. The van der Waals surface area contributed by atoms with Crippen molar-refractivity contribution in [2.45, 2.75) is 18.1 Å². The van der Waals surface area contributed by atoms with Gasteiger partial charge in [-0.05, 0) is 17.7 Å². The van der Waals surface area contributed by atoms with E-state index in [-0.39, 0.29) is 24.6 Å². The van der Waals surface area contributed by atoms with Crippen LogP contribution in [0.3, 0.4) is 0 Å². The zero-order valence-corrected chi connectivity index (χ0v) is 15.9. The maximum Gasteiger partial charge on any atom is 0.208 e. The molecule has 152 valence electrons. The third kappa shape index (κ3) is 2.68. The van der Waals surface area contributed by atoms with Crippen molar-refractivity contribution in [3.8, 4) is 23.0 Å². The highest BCUT2D eigenvalue weighted by Crippen LogP contribution is 2.58. The van der Waals surface area contributed by atoms with Gasteiger partial charge in [-0.1, -0.05) is 36.4 Å². The molecule has 0 saturated heterocycles. The summed E-state index contributed by atoms with van der Waals surface area (Å²) in [5, 5.41) is 19.5. The first-order valence-corrected chi connectivity index (χ1v) is 9.48. The lowest BCUT2D eigenvalue weighted by molar-refractivity contribution is -0.121. The third-order valence-corrected chi connectivity index (χ3v) is 5.72. The average Bonchev–Trinajstić information content (AvgIpc) is 3.05. The van der Waals surface area contributed by atoms with Crippen LogP contribution in [0.4, 0.5) is 0 Å². The quantitative estimate of drug-likeness (QED) is 0.452. The van der Waals surface area contributed by atoms with Crippen LogP contribution in [0.1, 0.15) is 33.5 Å². The molecule has 1 aliphatic heterocycles. The molecule has 2 unspecified atom stereocenters. The number of benzene rings is 3. The summed E-state index contributed by atoms with van der Waals surface area (Å²) in [5.41, 5.74) is 2.54. The fourth-order valence-electron chi connectivity index (χ4n) is 4.46. The van der Waals surface area contributed by atoms with Gasteiger partial charge in [0.1, 0.15) is 29.6 Å². The Labute approximate surface area is 172 Å². The van der Waals surface area contributed by atoms with Crippen LogP contribution >= 0.6 is 0 Å². The number of ketones is 1. The van der Waals surface area contributed by atoms with E-state index < -0.39 is 11.7 Å². The van der Waals surface area contributed by atoms with E-state index in [2.05, 4.69) is 4.84 Å². The molecule has 5 rings (SSSR count). The highest BCUT2D eigenvalue weighted by atomic mass is 16.7. The van der Waals surface area contributed by atoms with E-state index in [1.165, 1.54) is 0 Å². The second-order valence-corrected chi connectivity index (χ2v) is 7.39. The highest BCUT2D eigenvalue weighted by Gasteiger charge is 2.51. The third-order valence-electron chi connectivity index (χ3n) is 5.72. The molecule has 0 amide bonds. The monoisotopic (exact) mass is 405 g/mol. The molecule has 2 atom stereocenters. The number of carbonyl (C=O) groups is 1. The topological polar surface area (TPSA) is 111 Å². The van der Waals surface area contributed by atoms with Crippen LogP contribution in [-0.4, -0.2) is 28.9 Å². The number of nitrogens with two attached hydrogens (primary N) is 1. The summed E-state index contributed by atoms with van der Waals surface area (Å²) in [4.78, 5) is 17.2. The second-order valence-electron chi connectivity index (χ2n) is 7.39. The predicted molar refractivity (Wildman–Crippen MR) is 107 cm³/mol. The number of fused-ring (bicyclic) bond motifs is 6. The molecule has 1 heterocycles. The lowest BCUT2D eigenvalue weighted by atomic mass is 9.68. The fraction of sp³-hybridized carbons (Fsp3) is 0.174. The number of phenolic OH excluding ortho intramolecular Hbond substituents is 1. The Morgan fingerprint density at radius 1 is 1.03 bits per heavy atom. The van der Waals surface area contributed by atoms with Gasteiger partial charge in [0.25, 0.3) is 0 Å². The molecule has 1 spiro atoms. The minimum atomic E-state index is -1.26. The van der Waals surface area contributed by atoms with Gasteiger partial charge in [0.2, 0.25) is 6.29 Å². The van der Waals surface area contributed by atoms with E-state index in [1.54, 1.807) is 24.3 Å². The molecule has 3 aromatic rings. The molecule has 7 heteroatoms. The normalized spacial score (nSPS) is 19.6. The van der Waals surface area contributed by atoms with Gasteiger partial charge in [-0.25, -0.2) is 5.90 Å². The van der Waals surface area contributed by atoms with E-state index >= 15 is 0 Å². The van der Waals surface area contributed by atoms with Crippen LogP contribution in [0.2, 0.25) is 0 Å². The van der Waals surface area contributed by atoms with Crippen LogP contribution in [0.5, 0.6) is 23.0 Å². The van der Waals surface area contributed by atoms with Crippen molar-refractivity contribution in [3.05, 3.63) is 82.9 Å². The molecule has 0 saturated carbocycles. The number of aromatic hydroxyl groups is 1. The largest absolute Gasteiger partial charge is 0.508 e. The van der Waals surface area contributed by atoms with Crippen molar-refractivity contribution >= 4 is 5.78 Å². The van der Waals surface area contributed by atoms with Crippen molar-refractivity contribution in [2.75, 3.05) is 6.61 Å². The van der Waals surface area contributed by atoms with Crippen LogP contribution in [0.25, 0.3) is 0 Å². The molecular weight excluding hydrogens is 386 g/mol. The smallest absolute Gasteiger partial charge is 0.208 e. The number of phenols is 1. The number of ether oxygens (including phenoxy) is 2. The summed E-state index contributed by atoms with van der Waals surface area (Å²) < 4.78 is 11.6. The maximum atomic E-state index is 12.9. The molecule has 0 fully saturated rings. The average molecular weight is 405 g/mol. The summed E-state index contributed by atoms with van der Waals surface area (Å²) in [5.74, 6) is 6.51. The SMILES string of the molecule is NOC(O)COc1ccc2c(c1)Oc1cc(O)ccc1C21CC(=O)c2ccccc21. The van der Waals surface area contributed by atoms with Crippen molar-refractivity contribution in [1.29, 1.82) is 0 Å². The van der Waals surface area contributed by atoms with Gasteiger partial charge in [0, 0.05) is 35.2 Å². The first-order chi connectivity index (χ1) is 14.5. The van der Waals surface area contributed by atoms with Gasteiger partial charge < -0.3 is 19.7 Å². The lowest BCUT2D eigenvalue weighted by Gasteiger charge is -2.38. The van der Waals surface area contributed by atoms with Gasteiger partial charge in [-0.3, -0.25) is 9.63 Å². The molecule has 3 aromatic carbocycles. The molecule has 0 radical (unpaired) electrons. The Kier molecular flexibility index (Phi) is 4.25. The van der Waals surface area contributed by atoms with Crippen LogP contribution in [0.15, 0.2) is 60.7 Å². The Morgan fingerprint density at radius 3 is 2.57 bits per heavy atom. The van der Waals surface area contributed by atoms with Crippen molar-refractivity contribution in [2.24, 2.45) is 5.90 Å². The summed E-state index contributed by atoms with van der Waals surface area (Å²) >= 11 is 0. The number of Topliss-reactive ketones (excluding diaryl/α,β-unsaturated/α-hetero) is 1. The van der Waals surface area contributed by atoms with Gasteiger partial charge >= 0.3 is 0 Å². The van der Waals surface area contributed by atoms with E-state index in [4.69, 9.17) is 15.4 Å². The van der Waals surface area contributed by atoms with Crippen molar-refractivity contribution in [1.82, 2.24) is 0 Å². The Hall–Kier alpha value is -3.39. The molecule has 30 heavy (non-hydrogen) atoms. The van der Waals surface area contributed by atoms with E-state index in [0.717, 1.165) is 16.7 Å². The number of aliphatic hydroxyl groups excluding tert-OH is 1. The number of hydrogen-bond acceptors (Lipinski definition) is 7. The summed E-state index contributed by atoms with van der Waals surface area (Å²) in [6.07, 6.45) is -0.995. The number of aliphatic hydroxyl groups is 1. The Morgan fingerprint density at radius 2 is 1.77 bits per heavy atom. The highest BCUT2D eigenvalue weighted by molar-refractivity contribution is 6.04. The first-order valence-electron chi connectivity index (χ1n) is 9.48. The first kappa shape index (κ1) is 18.6. The van der Waals surface area contributed by atoms with E-state index in [9.17, 15) is 15.0 Å². The van der Waals surface area contributed by atoms with Crippen molar-refractivity contribution < 1.29 is 29.3 Å². The van der Waals surface area contributed by atoms with Crippen LogP contribution in [-0.2, 0) is 10.3 Å². The van der Waals surface area contributed by atoms with E-state index in [1.807, 2.05) is 36.4 Å². The predicted octanol–water partition coefficient (Wildman–Crippen LogP) is 3.01. The lowest BCUT2D eigenvalue weighted by Crippen LogP contribution is -2.31. The zero-order chi connectivity index (χ0) is 20.9. The molecule has 7 nitrogen and oxygen atoms in total. The minimum absolute atomic E-state index is 0.0565. The van der Waals surface area contributed by atoms with Crippen molar-refractivity contribution in [3.63, 3.8) is 0 Å². The number of hydrogen-bond donors (Lipinski definition) is 3. The Bertz CT molecular complexity index is 1160. The summed E-state index contributed by atoms with van der Waals surface area (Å²) in [6.45, 7) is -0.154. The van der Waals surface area contributed by atoms with Crippen LogP contribution in [0, 0.1) is 0 Å². The Balaban J connectivity index is 1.69. The second kappa shape index (κ2) is 6.84. The van der Waals surface area contributed by atoms with Crippen LogP contribution < -0.4 is 15.4 Å². The zero-order valence-electron chi connectivity index (χ0n) is 15.9. The van der Waals surface area contributed by atoms with Gasteiger partial charge in [-0.2, -0.15) is 0 Å². The minimum Gasteiger partial charge on any atom is -0.508 e. The van der Waals surface area contributed by atoms with E-state index in [0.29, 0.717) is 22.8 Å². The maximum absolute atomic E-state index is 12.9. The van der Waals surface area contributed by atoms with Gasteiger partial charge in [-0.15, -0.1) is 0 Å². The standard InChI is InChI=1S/C23H19NO6/c24-30-22(27)12-28-14-6-8-18-21(10-14)29-20-9-13(25)5-7-17(20)23(18)11-19(26)15-3-1-2-4-16(15)23/h1-10,22,25,27H,11-12,24H2. The number of carbonyl (C=O) groups excluding carboxylic acids is 1. The molecular formula is C23H19NO6. The fourth-order valence-corrected chi connectivity index (χ4v) is 4.46. The number of rotatable bonds is 4. The molecule has 2 aliphatic rings. The van der Waals surface area contributed by atoms with Gasteiger partial charge in [0.05, 0.1) is 5.41 Å².